The molecule has 2 aromatic rings. The van der Waals surface area contributed by atoms with Crippen LogP contribution in [-0.2, 0) is 11.2 Å². The van der Waals surface area contributed by atoms with E-state index < -0.39 is 0 Å². The molecule has 6 heteroatoms. The van der Waals surface area contributed by atoms with Crippen LogP contribution in [-0.4, -0.2) is 54.4 Å². The van der Waals surface area contributed by atoms with Crippen molar-refractivity contribution < 1.29 is 9.59 Å². The quantitative estimate of drug-likeness (QED) is 0.794. The lowest BCUT2D eigenvalue weighted by molar-refractivity contribution is -0.118. The summed E-state index contributed by atoms with van der Waals surface area (Å²) < 4.78 is 0. The molecule has 1 atom stereocenters. The zero-order chi connectivity index (χ0) is 18.1. The number of para-hydroxylation sites is 1. The zero-order valence-corrected chi connectivity index (χ0v) is 14.8. The van der Waals surface area contributed by atoms with E-state index in [-0.39, 0.29) is 11.9 Å². The molecule has 1 fully saturated rings. The van der Waals surface area contributed by atoms with Crippen molar-refractivity contribution in [3.63, 3.8) is 0 Å². The van der Waals surface area contributed by atoms with E-state index in [1.807, 2.05) is 35.2 Å². The van der Waals surface area contributed by atoms with Gasteiger partial charge in [-0.3, -0.25) is 9.59 Å². The highest BCUT2D eigenvalue weighted by Crippen LogP contribution is 2.33. The Hall–Kier alpha value is -2.89. The number of hydrogen-bond acceptors (Lipinski definition) is 4. The molecular formula is C20H22N4O2. The Morgan fingerprint density at radius 2 is 1.88 bits per heavy atom. The molecule has 0 radical (unpaired) electrons. The Kier molecular flexibility index (Phi) is 4.32. The summed E-state index contributed by atoms with van der Waals surface area (Å²) in [5.74, 6) is 0.842. The molecule has 3 heterocycles. The summed E-state index contributed by atoms with van der Waals surface area (Å²) in [6.07, 6.45) is 3.44. The van der Waals surface area contributed by atoms with Crippen LogP contribution in [0, 0.1) is 0 Å². The minimum Gasteiger partial charge on any atom is -0.353 e. The topological polar surface area (TPSA) is 56.8 Å². The molecule has 0 N–H and O–H groups in total. The van der Waals surface area contributed by atoms with Crippen molar-refractivity contribution in [1.82, 2.24) is 9.88 Å². The van der Waals surface area contributed by atoms with E-state index >= 15 is 0 Å². The summed E-state index contributed by atoms with van der Waals surface area (Å²) in [4.78, 5) is 34.1. The molecule has 134 valence electrons. The minimum atomic E-state index is -0.00715. The summed E-state index contributed by atoms with van der Waals surface area (Å²) >= 11 is 0. The van der Waals surface area contributed by atoms with Crippen molar-refractivity contribution in [1.29, 1.82) is 0 Å². The van der Waals surface area contributed by atoms with Gasteiger partial charge in [-0.1, -0.05) is 18.2 Å². The van der Waals surface area contributed by atoms with Gasteiger partial charge in [0, 0.05) is 44.1 Å². The van der Waals surface area contributed by atoms with Gasteiger partial charge in [-0.05, 0) is 37.1 Å². The van der Waals surface area contributed by atoms with Gasteiger partial charge >= 0.3 is 0 Å². The van der Waals surface area contributed by atoms with Crippen LogP contribution in [0.5, 0.6) is 0 Å². The maximum atomic E-state index is 13.0. The molecule has 2 aliphatic heterocycles. The van der Waals surface area contributed by atoms with Gasteiger partial charge in [0.05, 0.1) is 5.56 Å². The van der Waals surface area contributed by atoms with Gasteiger partial charge in [0.2, 0.25) is 6.41 Å². The number of carbonyl (C=O) groups is 2. The highest BCUT2D eigenvalue weighted by atomic mass is 16.2. The third-order valence-electron chi connectivity index (χ3n) is 5.21. The Labute approximate surface area is 153 Å². The summed E-state index contributed by atoms with van der Waals surface area (Å²) in [5, 5.41) is 0. The van der Waals surface area contributed by atoms with Gasteiger partial charge in [-0.15, -0.1) is 0 Å². The molecular weight excluding hydrogens is 328 g/mol. The van der Waals surface area contributed by atoms with Crippen molar-refractivity contribution in [2.75, 3.05) is 36.0 Å². The molecule has 0 aliphatic carbocycles. The first-order valence-corrected chi connectivity index (χ1v) is 8.99. The number of amides is 2. The minimum absolute atomic E-state index is 0.00715. The Morgan fingerprint density at radius 3 is 2.58 bits per heavy atom. The second-order valence-corrected chi connectivity index (χ2v) is 6.89. The van der Waals surface area contributed by atoms with Gasteiger partial charge in [-0.2, -0.15) is 0 Å². The number of carbonyl (C=O) groups excluding carboxylic acids is 2. The third-order valence-corrected chi connectivity index (χ3v) is 5.21. The predicted molar refractivity (Wildman–Crippen MR) is 101 cm³/mol. The predicted octanol–water partition coefficient (Wildman–Crippen LogP) is 1.95. The molecule has 6 nitrogen and oxygen atoms in total. The second kappa shape index (κ2) is 6.78. The molecule has 2 amide bonds. The van der Waals surface area contributed by atoms with Crippen LogP contribution >= 0.6 is 0 Å². The van der Waals surface area contributed by atoms with E-state index in [1.54, 1.807) is 11.1 Å². The Balaban J connectivity index is 1.50. The normalized spacial score (nSPS) is 19.4. The summed E-state index contributed by atoms with van der Waals surface area (Å²) in [5.41, 5.74) is 2.81. The number of rotatable bonds is 3. The number of anilines is 2. The van der Waals surface area contributed by atoms with Crippen LogP contribution in [0.3, 0.4) is 0 Å². The maximum absolute atomic E-state index is 13.0. The van der Waals surface area contributed by atoms with Crippen LogP contribution in [0.25, 0.3) is 0 Å². The smallest absolute Gasteiger partial charge is 0.260 e. The monoisotopic (exact) mass is 350 g/mol. The van der Waals surface area contributed by atoms with Crippen molar-refractivity contribution in [2.24, 2.45) is 0 Å². The van der Waals surface area contributed by atoms with Crippen LogP contribution < -0.4 is 9.80 Å². The average molecular weight is 350 g/mol. The third kappa shape index (κ3) is 2.92. The van der Waals surface area contributed by atoms with E-state index in [0.717, 1.165) is 37.4 Å². The SMILES string of the molecule is CC1Cc2ccccc2N1C(=O)c1ccc(N2CCN(C=O)CC2)nc1. The molecule has 1 unspecified atom stereocenters. The first-order chi connectivity index (χ1) is 12.7. The number of fused-ring (bicyclic) bond motifs is 1. The first kappa shape index (κ1) is 16.6. The standard InChI is InChI=1S/C20H22N4O2/c1-15-12-16-4-2-3-5-18(16)24(15)20(26)17-6-7-19(21-13-17)23-10-8-22(14-25)9-11-23/h2-7,13-15H,8-12H2,1H3. The first-order valence-electron chi connectivity index (χ1n) is 8.99. The lowest BCUT2D eigenvalue weighted by Crippen LogP contribution is -2.46. The summed E-state index contributed by atoms with van der Waals surface area (Å²) in [6.45, 7) is 5.00. The van der Waals surface area contributed by atoms with Crippen LogP contribution in [0.4, 0.5) is 11.5 Å². The number of hydrogen-bond donors (Lipinski definition) is 0. The van der Waals surface area contributed by atoms with Crippen molar-refractivity contribution in [3.05, 3.63) is 53.7 Å². The molecule has 4 rings (SSSR count). The number of pyridine rings is 1. The number of aromatic nitrogens is 1. The van der Waals surface area contributed by atoms with Gasteiger partial charge in [0.15, 0.2) is 0 Å². The molecule has 0 bridgehead atoms. The lowest BCUT2D eigenvalue weighted by atomic mass is 10.1. The van der Waals surface area contributed by atoms with E-state index in [4.69, 9.17) is 0 Å². The van der Waals surface area contributed by atoms with E-state index in [0.29, 0.717) is 18.7 Å². The maximum Gasteiger partial charge on any atom is 0.260 e. The largest absolute Gasteiger partial charge is 0.353 e. The molecule has 1 aromatic heterocycles. The molecule has 26 heavy (non-hydrogen) atoms. The molecule has 0 spiro atoms. The molecule has 2 aliphatic rings. The average Bonchev–Trinajstić information content (AvgIpc) is 3.03. The highest BCUT2D eigenvalue weighted by Gasteiger charge is 2.31. The van der Waals surface area contributed by atoms with Gasteiger partial charge in [-0.25, -0.2) is 4.98 Å². The van der Waals surface area contributed by atoms with Gasteiger partial charge < -0.3 is 14.7 Å². The number of benzene rings is 1. The van der Waals surface area contributed by atoms with Crippen LogP contribution in [0.2, 0.25) is 0 Å². The molecule has 1 saturated heterocycles. The van der Waals surface area contributed by atoms with Crippen molar-refractivity contribution >= 4 is 23.8 Å². The van der Waals surface area contributed by atoms with Gasteiger partial charge in [0.1, 0.15) is 5.82 Å². The highest BCUT2D eigenvalue weighted by molar-refractivity contribution is 6.07. The van der Waals surface area contributed by atoms with Crippen molar-refractivity contribution in [3.8, 4) is 0 Å². The number of nitrogens with zero attached hydrogens (tertiary/aromatic N) is 4. The molecule has 0 saturated carbocycles. The summed E-state index contributed by atoms with van der Waals surface area (Å²) in [7, 11) is 0. The van der Waals surface area contributed by atoms with E-state index in [2.05, 4.69) is 22.9 Å². The molecule has 1 aromatic carbocycles. The van der Waals surface area contributed by atoms with Gasteiger partial charge in [0.25, 0.3) is 5.91 Å². The Morgan fingerprint density at radius 1 is 1.12 bits per heavy atom. The fourth-order valence-corrected chi connectivity index (χ4v) is 3.77. The fraction of sp³-hybridized carbons (Fsp3) is 0.350. The number of piperazine rings is 1. The van der Waals surface area contributed by atoms with E-state index in [1.165, 1.54) is 5.56 Å². The summed E-state index contributed by atoms with van der Waals surface area (Å²) in [6, 6.07) is 12.0. The van der Waals surface area contributed by atoms with E-state index in [9.17, 15) is 9.59 Å². The second-order valence-electron chi connectivity index (χ2n) is 6.89. The lowest BCUT2D eigenvalue weighted by Gasteiger charge is -2.33. The Bertz CT molecular complexity index is 813. The fourth-order valence-electron chi connectivity index (χ4n) is 3.77. The zero-order valence-electron chi connectivity index (χ0n) is 14.8. The van der Waals surface area contributed by atoms with Crippen LogP contribution in [0.15, 0.2) is 42.6 Å². The van der Waals surface area contributed by atoms with Crippen molar-refractivity contribution in [2.45, 2.75) is 19.4 Å². The van der Waals surface area contributed by atoms with Crippen LogP contribution in [0.1, 0.15) is 22.8 Å².